The first-order valence-electron chi connectivity index (χ1n) is 6.87. The number of hydrogen-bond donors (Lipinski definition) is 1. The van der Waals surface area contributed by atoms with Crippen LogP contribution in [0.4, 0.5) is 10.1 Å². The molecular weight excluding hydrogens is 253 g/mol. The Labute approximate surface area is 119 Å². The second-order valence-corrected chi connectivity index (χ2v) is 4.99. The fourth-order valence-corrected chi connectivity index (χ4v) is 2.08. The minimum atomic E-state index is -0.328. The molecule has 1 atom stereocenters. The highest BCUT2D eigenvalue weighted by atomic mass is 19.1. The molecule has 0 spiro atoms. The highest BCUT2D eigenvalue weighted by Crippen LogP contribution is 2.29. The molecule has 0 aliphatic carbocycles. The van der Waals surface area contributed by atoms with Gasteiger partial charge in [0, 0.05) is 11.3 Å². The van der Waals surface area contributed by atoms with Crippen LogP contribution in [0, 0.1) is 5.82 Å². The van der Waals surface area contributed by atoms with Crippen molar-refractivity contribution in [3.05, 3.63) is 59.4 Å². The third-order valence-corrected chi connectivity index (χ3v) is 3.52. The minimum absolute atomic E-state index is 0.208. The van der Waals surface area contributed by atoms with Crippen LogP contribution < -0.4 is 10.5 Å². The lowest BCUT2D eigenvalue weighted by Gasteiger charge is -2.16. The van der Waals surface area contributed by atoms with Crippen LogP contribution in [-0.2, 0) is 6.61 Å². The van der Waals surface area contributed by atoms with Gasteiger partial charge in [-0.15, -0.1) is 0 Å². The van der Waals surface area contributed by atoms with Crippen LogP contribution >= 0.6 is 0 Å². The molecule has 106 valence electrons. The maximum atomic E-state index is 13.7. The molecule has 0 radical (unpaired) electrons. The molecule has 0 bridgehead atoms. The first kappa shape index (κ1) is 14.4. The van der Waals surface area contributed by atoms with Gasteiger partial charge in [-0.3, -0.25) is 0 Å². The Bertz CT molecular complexity index is 583. The van der Waals surface area contributed by atoms with E-state index in [1.54, 1.807) is 12.1 Å². The smallest absolute Gasteiger partial charge is 0.131 e. The SMILES string of the molecule is CCC(C)c1ccccc1OCc1ccc(N)cc1F. The van der Waals surface area contributed by atoms with Crippen molar-refractivity contribution < 1.29 is 9.13 Å². The van der Waals surface area contributed by atoms with Crippen molar-refractivity contribution >= 4 is 5.69 Å². The summed E-state index contributed by atoms with van der Waals surface area (Å²) in [5.41, 5.74) is 7.63. The van der Waals surface area contributed by atoms with E-state index >= 15 is 0 Å². The van der Waals surface area contributed by atoms with Gasteiger partial charge in [0.1, 0.15) is 18.2 Å². The molecule has 2 rings (SSSR count). The normalized spacial score (nSPS) is 12.2. The highest BCUT2D eigenvalue weighted by molar-refractivity contribution is 5.41. The van der Waals surface area contributed by atoms with E-state index in [1.165, 1.54) is 6.07 Å². The lowest BCUT2D eigenvalue weighted by molar-refractivity contribution is 0.295. The maximum absolute atomic E-state index is 13.7. The van der Waals surface area contributed by atoms with Crippen LogP contribution in [0.2, 0.25) is 0 Å². The van der Waals surface area contributed by atoms with E-state index in [2.05, 4.69) is 19.9 Å². The minimum Gasteiger partial charge on any atom is -0.489 e. The Hall–Kier alpha value is -2.03. The summed E-state index contributed by atoms with van der Waals surface area (Å²) >= 11 is 0. The number of rotatable bonds is 5. The standard InChI is InChI=1S/C17H20FNO/c1-3-12(2)15-6-4-5-7-17(15)20-11-13-8-9-14(19)10-16(13)18/h4-10,12H,3,11,19H2,1-2H3. The van der Waals surface area contributed by atoms with Gasteiger partial charge in [-0.05, 0) is 36.1 Å². The first-order valence-corrected chi connectivity index (χ1v) is 6.87. The zero-order valence-corrected chi connectivity index (χ0v) is 11.9. The average molecular weight is 273 g/mol. The van der Waals surface area contributed by atoms with Crippen molar-refractivity contribution in [3.63, 3.8) is 0 Å². The number of nitrogens with two attached hydrogens (primary N) is 1. The van der Waals surface area contributed by atoms with Crippen LogP contribution in [-0.4, -0.2) is 0 Å². The zero-order valence-electron chi connectivity index (χ0n) is 11.9. The average Bonchev–Trinajstić information content (AvgIpc) is 2.46. The highest BCUT2D eigenvalue weighted by Gasteiger charge is 2.10. The van der Waals surface area contributed by atoms with E-state index < -0.39 is 0 Å². The number of anilines is 1. The summed E-state index contributed by atoms with van der Waals surface area (Å²) in [6.07, 6.45) is 1.04. The van der Waals surface area contributed by atoms with Gasteiger partial charge in [0.25, 0.3) is 0 Å². The topological polar surface area (TPSA) is 35.2 Å². The van der Waals surface area contributed by atoms with Crippen LogP contribution in [0.3, 0.4) is 0 Å². The van der Waals surface area contributed by atoms with E-state index in [1.807, 2.05) is 18.2 Å². The molecule has 0 saturated heterocycles. The van der Waals surface area contributed by atoms with Crippen LogP contribution in [0.1, 0.15) is 37.3 Å². The molecule has 3 heteroatoms. The summed E-state index contributed by atoms with van der Waals surface area (Å²) < 4.78 is 19.5. The number of ether oxygens (including phenoxy) is 1. The number of para-hydroxylation sites is 1. The molecule has 2 nitrogen and oxygen atoms in total. The van der Waals surface area contributed by atoms with Crippen LogP contribution in [0.15, 0.2) is 42.5 Å². The third-order valence-electron chi connectivity index (χ3n) is 3.52. The van der Waals surface area contributed by atoms with Crippen molar-refractivity contribution in [1.82, 2.24) is 0 Å². The van der Waals surface area contributed by atoms with Crippen molar-refractivity contribution in [2.45, 2.75) is 32.8 Å². The third kappa shape index (κ3) is 3.29. The molecule has 20 heavy (non-hydrogen) atoms. The summed E-state index contributed by atoms with van der Waals surface area (Å²) in [5.74, 6) is 0.909. The maximum Gasteiger partial charge on any atom is 0.131 e. The second-order valence-electron chi connectivity index (χ2n) is 4.99. The van der Waals surface area contributed by atoms with Crippen LogP contribution in [0.25, 0.3) is 0 Å². The quantitative estimate of drug-likeness (QED) is 0.814. The number of hydrogen-bond acceptors (Lipinski definition) is 2. The molecule has 2 aromatic rings. The van der Waals surface area contributed by atoms with E-state index in [0.29, 0.717) is 17.2 Å². The van der Waals surface area contributed by atoms with Crippen LogP contribution in [0.5, 0.6) is 5.75 Å². The lowest BCUT2D eigenvalue weighted by atomic mass is 9.98. The van der Waals surface area contributed by atoms with E-state index in [0.717, 1.165) is 17.7 Å². The first-order chi connectivity index (χ1) is 9.61. The molecule has 0 aliphatic heterocycles. The van der Waals surface area contributed by atoms with E-state index in [4.69, 9.17) is 10.5 Å². The molecule has 2 N–H and O–H groups in total. The van der Waals surface area contributed by atoms with Gasteiger partial charge in [-0.1, -0.05) is 38.1 Å². The lowest BCUT2D eigenvalue weighted by Crippen LogP contribution is -2.03. The number of halogens is 1. The summed E-state index contributed by atoms with van der Waals surface area (Å²) in [6, 6.07) is 12.6. The second kappa shape index (κ2) is 6.42. The van der Waals surface area contributed by atoms with Crippen molar-refractivity contribution in [2.75, 3.05) is 5.73 Å². The number of benzene rings is 2. The van der Waals surface area contributed by atoms with Gasteiger partial charge in [0.15, 0.2) is 0 Å². The molecule has 2 aromatic carbocycles. The predicted molar refractivity (Wildman–Crippen MR) is 80.3 cm³/mol. The van der Waals surface area contributed by atoms with Crippen molar-refractivity contribution in [2.24, 2.45) is 0 Å². The zero-order chi connectivity index (χ0) is 14.5. The summed E-state index contributed by atoms with van der Waals surface area (Å²) in [7, 11) is 0. The van der Waals surface area contributed by atoms with Gasteiger partial charge in [-0.25, -0.2) is 4.39 Å². The van der Waals surface area contributed by atoms with Crippen molar-refractivity contribution in [3.8, 4) is 5.75 Å². The van der Waals surface area contributed by atoms with Gasteiger partial charge in [-0.2, -0.15) is 0 Å². The fraction of sp³-hybridized carbons (Fsp3) is 0.294. The Kier molecular flexibility index (Phi) is 4.61. The largest absolute Gasteiger partial charge is 0.489 e. The number of nitrogen functional groups attached to an aromatic ring is 1. The van der Waals surface area contributed by atoms with E-state index in [9.17, 15) is 4.39 Å². The predicted octanol–water partition coefficient (Wildman–Crippen LogP) is 4.50. The van der Waals surface area contributed by atoms with E-state index in [-0.39, 0.29) is 12.4 Å². The molecule has 0 fully saturated rings. The Balaban J connectivity index is 2.15. The molecule has 0 amide bonds. The van der Waals surface area contributed by atoms with Gasteiger partial charge >= 0.3 is 0 Å². The summed E-state index contributed by atoms with van der Waals surface area (Å²) in [6.45, 7) is 4.51. The molecular formula is C17H20FNO. The summed E-state index contributed by atoms with van der Waals surface area (Å²) in [4.78, 5) is 0. The van der Waals surface area contributed by atoms with Gasteiger partial charge < -0.3 is 10.5 Å². The monoisotopic (exact) mass is 273 g/mol. The summed E-state index contributed by atoms with van der Waals surface area (Å²) in [5, 5.41) is 0. The van der Waals surface area contributed by atoms with Crippen molar-refractivity contribution in [1.29, 1.82) is 0 Å². The molecule has 0 heterocycles. The van der Waals surface area contributed by atoms with Gasteiger partial charge in [0.2, 0.25) is 0 Å². The Morgan fingerprint density at radius 2 is 1.95 bits per heavy atom. The molecule has 0 aliphatic rings. The molecule has 1 unspecified atom stereocenters. The fourth-order valence-electron chi connectivity index (χ4n) is 2.08. The molecule has 0 aromatic heterocycles. The Morgan fingerprint density at radius 3 is 2.65 bits per heavy atom. The Morgan fingerprint density at radius 1 is 1.20 bits per heavy atom. The molecule has 0 saturated carbocycles. The van der Waals surface area contributed by atoms with Gasteiger partial charge in [0.05, 0.1) is 0 Å².